The number of carbonyl (C=O) groups is 2. The van der Waals surface area contributed by atoms with Crippen molar-refractivity contribution in [2.45, 2.75) is 19.9 Å². The predicted molar refractivity (Wildman–Crippen MR) is 75.4 cm³/mol. The molecule has 1 atom stereocenters. The maximum atomic E-state index is 11.9. The third-order valence-electron chi connectivity index (χ3n) is 2.64. The van der Waals surface area contributed by atoms with E-state index in [0.29, 0.717) is 17.9 Å². The average Bonchev–Trinajstić information content (AvgIpc) is 2.39. The number of benzene rings is 1. The number of nitrogens with one attached hydrogen (secondary N) is 1. The van der Waals surface area contributed by atoms with E-state index < -0.39 is 5.97 Å². The first-order valence-corrected chi connectivity index (χ1v) is 6.25. The Balaban J connectivity index is 2.51. The second-order valence-corrected chi connectivity index (χ2v) is 4.57. The van der Waals surface area contributed by atoms with Crippen LogP contribution in [0.5, 0.6) is 0 Å². The summed E-state index contributed by atoms with van der Waals surface area (Å²) in [5.74, 6) is -0.936. The highest BCUT2D eigenvalue weighted by Gasteiger charge is 2.14. The van der Waals surface area contributed by atoms with Gasteiger partial charge in [0.25, 0.3) is 5.91 Å². The average molecular weight is 280 g/mol. The zero-order chi connectivity index (χ0) is 15.1. The number of nitrogens with two attached hydrogens (primary N) is 1. The highest BCUT2D eigenvalue weighted by Crippen LogP contribution is 2.13. The molecular weight excluding hydrogens is 260 g/mol. The largest absolute Gasteiger partial charge is 0.452 e. The zero-order valence-corrected chi connectivity index (χ0v) is 11.9. The smallest absolute Gasteiger partial charge is 0.338 e. The number of carbonyl (C=O) groups excluding carboxylic acids is 2. The van der Waals surface area contributed by atoms with Gasteiger partial charge in [-0.15, -0.1) is 0 Å². The molecule has 0 radical (unpaired) electrons. The van der Waals surface area contributed by atoms with Crippen molar-refractivity contribution in [3.8, 4) is 0 Å². The zero-order valence-electron chi connectivity index (χ0n) is 11.9. The molecule has 3 N–H and O–H groups in total. The van der Waals surface area contributed by atoms with Gasteiger partial charge < -0.3 is 20.5 Å². The Morgan fingerprint density at radius 1 is 1.40 bits per heavy atom. The maximum absolute atomic E-state index is 11.9. The van der Waals surface area contributed by atoms with Crippen LogP contribution in [0, 0.1) is 6.92 Å². The van der Waals surface area contributed by atoms with Crippen molar-refractivity contribution < 1.29 is 19.1 Å². The molecule has 0 aliphatic carbocycles. The number of hydrogen-bond acceptors (Lipinski definition) is 5. The van der Waals surface area contributed by atoms with Gasteiger partial charge in [-0.3, -0.25) is 4.79 Å². The second-order valence-electron chi connectivity index (χ2n) is 4.57. The lowest BCUT2D eigenvalue weighted by Gasteiger charge is -2.13. The molecule has 110 valence electrons. The quantitative estimate of drug-likeness (QED) is 0.596. The second kappa shape index (κ2) is 7.49. The van der Waals surface area contributed by atoms with Gasteiger partial charge in [0, 0.05) is 18.8 Å². The van der Waals surface area contributed by atoms with Crippen LogP contribution in [-0.2, 0) is 14.3 Å². The van der Waals surface area contributed by atoms with Crippen LogP contribution >= 0.6 is 0 Å². The van der Waals surface area contributed by atoms with Crippen molar-refractivity contribution in [1.82, 2.24) is 5.32 Å². The van der Waals surface area contributed by atoms with Crippen molar-refractivity contribution in [2.24, 2.45) is 0 Å². The molecule has 0 heterocycles. The molecule has 0 bridgehead atoms. The van der Waals surface area contributed by atoms with Gasteiger partial charge in [-0.05, 0) is 31.5 Å². The van der Waals surface area contributed by atoms with E-state index in [9.17, 15) is 9.59 Å². The molecule has 0 spiro atoms. The van der Waals surface area contributed by atoms with E-state index >= 15 is 0 Å². The van der Waals surface area contributed by atoms with Crippen LogP contribution in [0.25, 0.3) is 0 Å². The lowest BCUT2D eigenvalue weighted by atomic mass is 10.1. The van der Waals surface area contributed by atoms with E-state index in [2.05, 4.69) is 5.32 Å². The molecule has 0 saturated carbocycles. The number of anilines is 1. The fourth-order valence-corrected chi connectivity index (χ4v) is 1.68. The van der Waals surface area contributed by atoms with E-state index in [1.54, 1.807) is 33.1 Å². The summed E-state index contributed by atoms with van der Waals surface area (Å²) < 4.78 is 9.85. The minimum Gasteiger partial charge on any atom is -0.452 e. The lowest BCUT2D eigenvalue weighted by molar-refractivity contribution is -0.125. The van der Waals surface area contributed by atoms with Crippen LogP contribution in [0.2, 0.25) is 0 Å². The van der Waals surface area contributed by atoms with Crippen LogP contribution in [0.1, 0.15) is 22.8 Å². The van der Waals surface area contributed by atoms with Crippen LogP contribution < -0.4 is 11.1 Å². The topological polar surface area (TPSA) is 90.6 Å². The lowest BCUT2D eigenvalue weighted by Crippen LogP contribution is -2.38. The molecule has 0 saturated heterocycles. The number of methoxy groups -OCH3 is 1. The highest BCUT2D eigenvalue weighted by molar-refractivity contribution is 5.93. The van der Waals surface area contributed by atoms with Crippen LogP contribution in [0.15, 0.2) is 18.2 Å². The van der Waals surface area contributed by atoms with Gasteiger partial charge in [-0.1, -0.05) is 6.07 Å². The Hall–Kier alpha value is -2.08. The van der Waals surface area contributed by atoms with E-state index in [1.807, 2.05) is 0 Å². The summed E-state index contributed by atoms with van der Waals surface area (Å²) >= 11 is 0. The number of hydrogen-bond donors (Lipinski definition) is 2. The summed E-state index contributed by atoms with van der Waals surface area (Å²) in [5.41, 5.74) is 7.20. The highest BCUT2D eigenvalue weighted by atomic mass is 16.5. The molecule has 0 aromatic heterocycles. The standard InChI is InChI=1S/C14H20N2O4/c1-9-4-5-11(15)6-12(9)14(18)20-8-13(17)16-10(2)7-19-3/h4-6,10H,7-8,15H2,1-3H3,(H,16,17). The number of aryl methyl sites for hydroxylation is 1. The summed E-state index contributed by atoms with van der Waals surface area (Å²) in [6.45, 7) is 3.64. The Morgan fingerprint density at radius 3 is 2.75 bits per heavy atom. The molecule has 20 heavy (non-hydrogen) atoms. The molecule has 1 amide bonds. The van der Waals surface area contributed by atoms with Gasteiger partial charge in [0.15, 0.2) is 6.61 Å². The molecule has 0 aliphatic rings. The Morgan fingerprint density at radius 2 is 2.10 bits per heavy atom. The first-order chi connectivity index (χ1) is 9.43. The molecule has 1 rings (SSSR count). The predicted octanol–water partition coefficient (Wildman–Crippen LogP) is 0.885. The molecule has 6 nitrogen and oxygen atoms in total. The van der Waals surface area contributed by atoms with Crippen LogP contribution in [0.3, 0.4) is 0 Å². The molecular formula is C14H20N2O4. The summed E-state index contributed by atoms with van der Waals surface area (Å²) in [4.78, 5) is 23.4. The normalized spacial score (nSPS) is 11.8. The van der Waals surface area contributed by atoms with Gasteiger partial charge in [0.1, 0.15) is 0 Å². The van der Waals surface area contributed by atoms with Gasteiger partial charge in [0.2, 0.25) is 0 Å². The molecule has 6 heteroatoms. The van der Waals surface area contributed by atoms with Crippen molar-refractivity contribution in [1.29, 1.82) is 0 Å². The van der Waals surface area contributed by atoms with Crippen LogP contribution in [0.4, 0.5) is 5.69 Å². The molecule has 0 aliphatic heterocycles. The van der Waals surface area contributed by atoms with E-state index in [-0.39, 0.29) is 18.6 Å². The van der Waals surface area contributed by atoms with E-state index in [1.165, 1.54) is 6.07 Å². The van der Waals surface area contributed by atoms with Gasteiger partial charge in [-0.2, -0.15) is 0 Å². The Kier molecular flexibility index (Phi) is 5.99. The molecule has 1 aromatic carbocycles. The van der Waals surface area contributed by atoms with Crippen molar-refractivity contribution >= 4 is 17.6 Å². The van der Waals surface area contributed by atoms with Gasteiger partial charge >= 0.3 is 5.97 Å². The summed E-state index contributed by atoms with van der Waals surface area (Å²) in [6, 6.07) is 4.82. The van der Waals surface area contributed by atoms with Crippen molar-refractivity contribution in [3.05, 3.63) is 29.3 Å². The molecule has 1 aromatic rings. The summed E-state index contributed by atoms with van der Waals surface area (Å²) in [6.07, 6.45) is 0. The third-order valence-corrected chi connectivity index (χ3v) is 2.64. The van der Waals surface area contributed by atoms with Crippen LogP contribution in [-0.4, -0.2) is 38.2 Å². The Labute approximate surface area is 118 Å². The molecule has 1 unspecified atom stereocenters. The first kappa shape index (κ1) is 16.0. The van der Waals surface area contributed by atoms with E-state index in [4.69, 9.17) is 15.2 Å². The first-order valence-electron chi connectivity index (χ1n) is 6.25. The van der Waals surface area contributed by atoms with Gasteiger partial charge in [0.05, 0.1) is 12.2 Å². The monoisotopic (exact) mass is 280 g/mol. The summed E-state index contributed by atoms with van der Waals surface area (Å²) in [7, 11) is 1.55. The van der Waals surface area contributed by atoms with Crippen molar-refractivity contribution in [2.75, 3.05) is 26.1 Å². The fourth-order valence-electron chi connectivity index (χ4n) is 1.68. The van der Waals surface area contributed by atoms with Crippen molar-refractivity contribution in [3.63, 3.8) is 0 Å². The number of esters is 1. The minimum absolute atomic E-state index is 0.139. The number of rotatable bonds is 6. The molecule has 0 fully saturated rings. The fraction of sp³-hybridized carbons (Fsp3) is 0.429. The third kappa shape index (κ3) is 4.89. The van der Waals surface area contributed by atoms with E-state index in [0.717, 1.165) is 5.56 Å². The SMILES string of the molecule is COCC(C)NC(=O)COC(=O)c1cc(N)ccc1C. The minimum atomic E-state index is -0.565. The maximum Gasteiger partial charge on any atom is 0.338 e. The summed E-state index contributed by atoms with van der Waals surface area (Å²) in [5, 5.41) is 2.65. The number of nitrogen functional groups attached to an aromatic ring is 1. The number of amides is 1. The Bertz CT molecular complexity index is 488. The number of ether oxygens (including phenoxy) is 2. The van der Waals surface area contributed by atoms with Gasteiger partial charge in [-0.25, -0.2) is 4.79 Å².